The van der Waals surface area contributed by atoms with E-state index in [0.29, 0.717) is 19.4 Å². The maximum atomic E-state index is 10.9. The van der Waals surface area contributed by atoms with Crippen molar-refractivity contribution in [2.75, 3.05) is 7.11 Å². The van der Waals surface area contributed by atoms with Crippen molar-refractivity contribution in [1.82, 2.24) is 15.0 Å². The highest BCUT2D eigenvalue weighted by atomic mass is 16.5. The Bertz CT molecular complexity index is 320. The number of hydrogen-bond acceptors (Lipinski definition) is 4. The van der Waals surface area contributed by atoms with Crippen LogP contribution in [0.25, 0.3) is 0 Å². The highest BCUT2D eigenvalue weighted by Crippen LogP contribution is 2.00. The third kappa shape index (κ3) is 2.69. The maximum Gasteiger partial charge on any atom is 0.307 e. The summed E-state index contributed by atoms with van der Waals surface area (Å²) >= 11 is 0. The number of esters is 1. The number of allylic oxidation sites excluding steroid dienone is 1. The van der Waals surface area contributed by atoms with E-state index in [4.69, 9.17) is 0 Å². The molecular weight excluding hydrogens is 182 g/mol. The summed E-state index contributed by atoms with van der Waals surface area (Å²) in [4.78, 5) is 10.9. The van der Waals surface area contributed by atoms with Crippen LogP contribution in [0.2, 0.25) is 0 Å². The van der Waals surface area contributed by atoms with Crippen LogP contribution in [0.1, 0.15) is 12.1 Å². The molecule has 0 radical (unpaired) electrons. The van der Waals surface area contributed by atoms with Crippen LogP contribution in [0.5, 0.6) is 0 Å². The number of rotatable bonds is 5. The van der Waals surface area contributed by atoms with Gasteiger partial charge in [-0.05, 0) is 0 Å². The lowest BCUT2D eigenvalue weighted by molar-refractivity contribution is -0.140. The summed E-state index contributed by atoms with van der Waals surface area (Å²) in [5.41, 5.74) is 0.948. The molecule has 14 heavy (non-hydrogen) atoms. The average Bonchev–Trinajstić information content (AvgIpc) is 2.62. The molecule has 5 heteroatoms. The lowest BCUT2D eigenvalue weighted by Crippen LogP contribution is -2.10. The molecule has 0 amide bonds. The summed E-state index contributed by atoms with van der Waals surface area (Å²) < 4.78 is 6.21. The lowest BCUT2D eigenvalue weighted by Gasteiger charge is -2.02. The minimum absolute atomic E-state index is 0.245. The molecule has 0 fully saturated rings. The fraction of sp³-hybridized carbons (Fsp3) is 0.444. The van der Waals surface area contributed by atoms with Gasteiger partial charge in [-0.1, -0.05) is 11.3 Å². The molecule has 1 aromatic rings. The zero-order valence-corrected chi connectivity index (χ0v) is 8.14. The van der Waals surface area contributed by atoms with E-state index in [1.807, 2.05) is 0 Å². The van der Waals surface area contributed by atoms with Crippen LogP contribution in [0.4, 0.5) is 0 Å². The molecular formula is C9H13N3O2. The normalized spacial score (nSPS) is 9.79. The average molecular weight is 195 g/mol. The monoisotopic (exact) mass is 195 g/mol. The standard InChI is InChI=1S/C9H13N3O2/c1-3-4-8-7-10-11-12(8)6-5-9(13)14-2/h3,7H,1,4-6H2,2H3. The topological polar surface area (TPSA) is 57.0 Å². The molecule has 76 valence electrons. The first kappa shape index (κ1) is 10.4. The van der Waals surface area contributed by atoms with Crippen molar-refractivity contribution in [3.8, 4) is 0 Å². The number of carbonyl (C=O) groups excluding carboxylic acids is 1. The van der Waals surface area contributed by atoms with E-state index < -0.39 is 0 Å². The molecule has 1 heterocycles. The number of hydrogen-bond donors (Lipinski definition) is 0. The Balaban J connectivity index is 2.53. The predicted molar refractivity (Wildman–Crippen MR) is 50.6 cm³/mol. The quantitative estimate of drug-likeness (QED) is 0.509. The highest BCUT2D eigenvalue weighted by Gasteiger charge is 2.05. The van der Waals surface area contributed by atoms with Gasteiger partial charge in [-0.25, -0.2) is 4.68 Å². The van der Waals surface area contributed by atoms with Crippen molar-refractivity contribution >= 4 is 5.97 Å². The fourth-order valence-corrected chi connectivity index (χ4v) is 1.07. The number of aryl methyl sites for hydroxylation is 1. The first-order chi connectivity index (χ1) is 6.77. The summed E-state index contributed by atoms with van der Waals surface area (Å²) in [5.74, 6) is -0.245. The molecule has 0 aromatic carbocycles. The molecule has 1 rings (SSSR count). The van der Waals surface area contributed by atoms with E-state index >= 15 is 0 Å². The zero-order chi connectivity index (χ0) is 10.4. The summed E-state index contributed by atoms with van der Waals surface area (Å²) in [7, 11) is 1.37. The summed E-state index contributed by atoms with van der Waals surface area (Å²) in [6, 6.07) is 0. The number of carbonyl (C=O) groups is 1. The first-order valence-corrected chi connectivity index (χ1v) is 4.33. The van der Waals surface area contributed by atoms with E-state index in [-0.39, 0.29) is 5.97 Å². The van der Waals surface area contributed by atoms with Crippen LogP contribution in [0.3, 0.4) is 0 Å². The maximum absolute atomic E-state index is 10.9. The molecule has 0 aliphatic carbocycles. The van der Waals surface area contributed by atoms with Crippen LogP contribution >= 0.6 is 0 Å². The summed E-state index contributed by atoms with van der Waals surface area (Å²) in [6.07, 6.45) is 4.45. The minimum Gasteiger partial charge on any atom is -0.469 e. The zero-order valence-electron chi connectivity index (χ0n) is 8.14. The van der Waals surface area contributed by atoms with Gasteiger partial charge in [0.2, 0.25) is 0 Å². The molecule has 0 saturated heterocycles. The van der Waals surface area contributed by atoms with Crippen molar-refractivity contribution in [1.29, 1.82) is 0 Å². The third-order valence-corrected chi connectivity index (χ3v) is 1.81. The van der Waals surface area contributed by atoms with Gasteiger partial charge in [-0.15, -0.1) is 11.7 Å². The second-order valence-electron chi connectivity index (χ2n) is 2.77. The van der Waals surface area contributed by atoms with Crippen LogP contribution in [-0.4, -0.2) is 28.1 Å². The van der Waals surface area contributed by atoms with Crippen LogP contribution < -0.4 is 0 Å². The smallest absolute Gasteiger partial charge is 0.307 e. The van der Waals surface area contributed by atoms with Crippen molar-refractivity contribution < 1.29 is 9.53 Å². The molecule has 0 spiro atoms. The largest absolute Gasteiger partial charge is 0.469 e. The highest BCUT2D eigenvalue weighted by molar-refractivity contribution is 5.68. The number of methoxy groups -OCH3 is 1. The van der Waals surface area contributed by atoms with Gasteiger partial charge in [0.15, 0.2) is 0 Å². The van der Waals surface area contributed by atoms with Gasteiger partial charge in [0.1, 0.15) is 0 Å². The van der Waals surface area contributed by atoms with Crippen molar-refractivity contribution in [2.24, 2.45) is 0 Å². The molecule has 0 unspecified atom stereocenters. The molecule has 0 bridgehead atoms. The minimum atomic E-state index is -0.245. The van der Waals surface area contributed by atoms with E-state index in [2.05, 4.69) is 21.6 Å². The number of nitrogens with zero attached hydrogens (tertiary/aromatic N) is 3. The Morgan fingerprint density at radius 1 is 1.79 bits per heavy atom. The Hall–Kier alpha value is -1.65. The third-order valence-electron chi connectivity index (χ3n) is 1.81. The molecule has 0 saturated carbocycles. The molecule has 1 aromatic heterocycles. The predicted octanol–water partition coefficient (Wildman–Crippen LogP) is 0.570. The van der Waals surface area contributed by atoms with Gasteiger partial charge in [-0.3, -0.25) is 4.79 Å². The fourth-order valence-electron chi connectivity index (χ4n) is 1.07. The lowest BCUT2D eigenvalue weighted by atomic mass is 10.3. The Morgan fingerprint density at radius 2 is 2.57 bits per heavy atom. The van der Waals surface area contributed by atoms with Gasteiger partial charge >= 0.3 is 5.97 Å². The van der Waals surface area contributed by atoms with Crippen LogP contribution in [0.15, 0.2) is 18.9 Å². The van der Waals surface area contributed by atoms with Crippen molar-refractivity contribution in [3.05, 3.63) is 24.5 Å². The number of aromatic nitrogens is 3. The number of ether oxygens (including phenoxy) is 1. The van der Waals surface area contributed by atoms with Crippen molar-refractivity contribution in [2.45, 2.75) is 19.4 Å². The first-order valence-electron chi connectivity index (χ1n) is 4.33. The second-order valence-corrected chi connectivity index (χ2v) is 2.77. The Labute approximate surface area is 82.4 Å². The Kier molecular flexibility index (Phi) is 3.84. The second kappa shape index (κ2) is 5.16. The van der Waals surface area contributed by atoms with Crippen molar-refractivity contribution in [3.63, 3.8) is 0 Å². The molecule has 0 N–H and O–H groups in total. The summed E-state index contributed by atoms with van der Waals surface area (Å²) in [5, 5.41) is 7.61. The van der Waals surface area contributed by atoms with Gasteiger partial charge in [0.05, 0.1) is 32.0 Å². The molecule has 5 nitrogen and oxygen atoms in total. The van der Waals surface area contributed by atoms with E-state index in [1.54, 1.807) is 17.0 Å². The van der Waals surface area contributed by atoms with Crippen LogP contribution in [0, 0.1) is 0 Å². The Morgan fingerprint density at radius 3 is 3.21 bits per heavy atom. The van der Waals surface area contributed by atoms with Crippen LogP contribution in [-0.2, 0) is 22.5 Å². The molecule has 0 aliphatic heterocycles. The van der Waals surface area contributed by atoms with Gasteiger partial charge in [0.25, 0.3) is 0 Å². The SMILES string of the molecule is C=CCc1cnnn1CCC(=O)OC. The molecule has 0 atom stereocenters. The van der Waals surface area contributed by atoms with E-state index in [9.17, 15) is 4.79 Å². The summed E-state index contributed by atoms with van der Waals surface area (Å²) in [6.45, 7) is 4.12. The van der Waals surface area contributed by atoms with E-state index in [0.717, 1.165) is 5.69 Å². The van der Waals surface area contributed by atoms with E-state index in [1.165, 1.54) is 7.11 Å². The van der Waals surface area contributed by atoms with Gasteiger partial charge in [-0.2, -0.15) is 0 Å². The van der Waals surface area contributed by atoms with Gasteiger partial charge in [0, 0.05) is 6.42 Å². The molecule has 0 aliphatic rings. The van der Waals surface area contributed by atoms with Gasteiger partial charge < -0.3 is 4.74 Å².